The van der Waals surface area contributed by atoms with Crippen LogP contribution in [0.2, 0.25) is 0 Å². The van der Waals surface area contributed by atoms with E-state index in [9.17, 15) is 4.79 Å². The van der Waals surface area contributed by atoms with Crippen LogP contribution in [0.5, 0.6) is 0 Å². The molecule has 6 nitrogen and oxygen atoms in total. The van der Waals surface area contributed by atoms with E-state index in [4.69, 9.17) is 8.83 Å². The van der Waals surface area contributed by atoms with E-state index in [1.54, 1.807) is 24.5 Å². The fourth-order valence-electron chi connectivity index (χ4n) is 1.93. The van der Waals surface area contributed by atoms with Crippen LogP contribution in [0.4, 0.5) is 5.69 Å². The number of hydrogen-bond donors (Lipinski definition) is 1. The number of aromatic nitrogens is 2. The minimum Gasteiger partial charge on any atom is -0.465 e. The summed E-state index contributed by atoms with van der Waals surface area (Å²) in [6.45, 7) is 3.88. The number of anilines is 1. The molecule has 0 radical (unpaired) electrons. The lowest BCUT2D eigenvalue weighted by molar-refractivity contribution is -0.111. The van der Waals surface area contributed by atoms with Gasteiger partial charge in [0.2, 0.25) is 11.8 Å². The quantitative estimate of drug-likeness (QED) is 0.718. The van der Waals surface area contributed by atoms with Crippen molar-refractivity contribution in [3.05, 3.63) is 47.1 Å². The van der Waals surface area contributed by atoms with E-state index in [0.717, 1.165) is 15.4 Å². The summed E-state index contributed by atoms with van der Waals surface area (Å²) in [5.41, 5.74) is 0.732. The molecule has 7 heteroatoms. The van der Waals surface area contributed by atoms with Crippen molar-refractivity contribution >= 4 is 29.0 Å². The SMILES string of the molecule is CCc1nnc(-c2cc(NC(=O)C=Cc3ccco3)c(C)s2)o1. The third-order valence-corrected chi connectivity index (χ3v) is 4.14. The lowest BCUT2D eigenvalue weighted by atomic mass is 10.3. The van der Waals surface area contributed by atoms with Gasteiger partial charge >= 0.3 is 0 Å². The van der Waals surface area contributed by atoms with Crippen molar-refractivity contribution < 1.29 is 13.6 Å². The smallest absolute Gasteiger partial charge is 0.257 e. The number of nitrogens with zero attached hydrogens (tertiary/aromatic N) is 2. The average Bonchev–Trinajstić information content (AvgIpc) is 3.26. The van der Waals surface area contributed by atoms with Crippen molar-refractivity contribution in [1.82, 2.24) is 10.2 Å². The first-order valence-electron chi connectivity index (χ1n) is 7.11. The van der Waals surface area contributed by atoms with Crippen LogP contribution in [0.3, 0.4) is 0 Å². The molecule has 0 fully saturated rings. The third kappa shape index (κ3) is 3.57. The van der Waals surface area contributed by atoms with Gasteiger partial charge in [-0.25, -0.2) is 0 Å². The number of amides is 1. The Morgan fingerprint density at radius 3 is 3.00 bits per heavy atom. The van der Waals surface area contributed by atoms with Crippen molar-refractivity contribution in [2.75, 3.05) is 5.32 Å². The minimum absolute atomic E-state index is 0.228. The number of furan rings is 1. The summed E-state index contributed by atoms with van der Waals surface area (Å²) in [5.74, 6) is 1.47. The molecule has 0 bridgehead atoms. The molecule has 0 saturated heterocycles. The molecule has 0 aliphatic heterocycles. The van der Waals surface area contributed by atoms with Gasteiger partial charge in [-0.05, 0) is 31.2 Å². The fraction of sp³-hybridized carbons (Fsp3) is 0.188. The van der Waals surface area contributed by atoms with Gasteiger partial charge in [-0.1, -0.05) is 6.92 Å². The van der Waals surface area contributed by atoms with Gasteiger partial charge in [-0.15, -0.1) is 21.5 Å². The summed E-state index contributed by atoms with van der Waals surface area (Å²) in [4.78, 5) is 13.8. The number of thiophene rings is 1. The maximum atomic E-state index is 12.0. The van der Waals surface area contributed by atoms with E-state index in [0.29, 0.717) is 24.0 Å². The van der Waals surface area contributed by atoms with Crippen LogP contribution in [0.15, 0.2) is 39.4 Å². The summed E-state index contributed by atoms with van der Waals surface area (Å²) in [6.07, 6.45) is 5.29. The molecule has 1 N–H and O–H groups in total. The molecule has 3 rings (SSSR count). The van der Waals surface area contributed by atoms with Gasteiger partial charge in [0.15, 0.2) is 0 Å². The summed E-state index contributed by atoms with van der Waals surface area (Å²) in [6, 6.07) is 5.38. The zero-order chi connectivity index (χ0) is 16.2. The van der Waals surface area contributed by atoms with Crippen LogP contribution in [0.1, 0.15) is 23.5 Å². The van der Waals surface area contributed by atoms with Gasteiger partial charge in [-0.3, -0.25) is 4.79 Å². The second kappa shape index (κ2) is 6.62. The van der Waals surface area contributed by atoms with E-state index in [1.807, 2.05) is 19.9 Å². The Bertz CT molecular complexity index is 831. The van der Waals surface area contributed by atoms with Gasteiger partial charge in [0.05, 0.1) is 16.8 Å². The fourth-order valence-corrected chi connectivity index (χ4v) is 2.82. The van der Waals surface area contributed by atoms with Gasteiger partial charge in [0.25, 0.3) is 5.89 Å². The maximum Gasteiger partial charge on any atom is 0.257 e. The molecule has 1 amide bonds. The topological polar surface area (TPSA) is 81.2 Å². The summed E-state index contributed by atoms with van der Waals surface area (Å²) >= 11 is 1.50. The van der Waals surface area contributed by atoms with Crippen LogP contribution < -0.4 is 5.32 Å². The first kappa shape index (κ1) is 15.2. The highest BCUT2D eigenvalue weighted by molar-refractivity contribution is 7.15. The lowest BCUT2D eigenvalue weighted by Gasteiger charge is -1.99. The zero-order valence-electron chi connectivity index (χ0n) is 12.7. The second-order valence-corrected chi connectivity index (χ2v) is 6.03. The van der Waals surface area contributed by atoms with E-state index >= 15 is 0 Å². The average molecular weight is 329 g/mol. The van der Waals surface area contributed by atoms with E-state index in [2.05, 4.69) is 15.5 Å². The summed E-state index contributed by atoms with van der Waals surface area (Å²) in [5, 5.41) is 10.8. The van der Waals surface area contributed by atoms with Crippen LogP contribution in [0, 0.1) is 6.92 Å². The molecule has 3 aromatic heterocycles. The van der Waals surface area contributed by atoms with E-state index < -0.39 is 0 Å². The van der Waals surface area contributed by atoms with Crippen molar-refractivity contribution in [1.29, 1.82) is 0 Å². The molecule has 118 valence electrons. The van der Waals surface area contributed by atoms with Gasteiger partial charge < -0.3 is 14.2 Å². The molecule has 3 heterocycles. The highest BCUT2D eigenvalue weighted by Crippen LogP contribution is 2.33. The number of rotatable bonds is 5. The largest absolute Gasteiger partial charge is 0.465 e. The van der Waals surface area contributed by atoms with Crippen LogP contribution in [-0.4, -0.2) is 16.1 Å². The Morgan fingerprint density at radius 1 is 1.43 bits per heavy atom. The van der Waals surface area contributed by atoms with Gasteiger partial charge in [0.1, 0.15) is 5.76 Å². The molecule has 0 spiro atoms. The van der Waals surface area contributed by atoms with Gasteiger partial charge in [-0.2, -0.15) is 0 Å². The number of carbonyl (C=O) groups excluding carboxylic acids is 1. The number of nitrogens with one attached hydrogen (secondary N) is 1. The normalized spacial score (nSPS) is 11.2. The molecule has 0 atom stereocenters. The van der Waals surface area contributed by atoms with Crippen LogP contribution in [0.25, 0.3) is 16.8 Å². The predicted molar refractivity (Wildman–Crippen MR) is 88.1 cm³/mol. The number of aryl methyl sites for hydroxylation is 2. The van der Waals surface area contributed by atoms with Crippen LogP contribution >= 0.6 is 11.3 Å². The standard InChI is InChI=1S/C16H15N3O3S/c1-3-15-18-19-16(22-15)13-9-12(10(2)23-13)17-14(20)7-6-11-5-4-8-21-11/h4-9H,3H2,1-2H3,(H,17,20). The molecule has 0 saturated carbocycles. The maximum absolute atomic E-state index is 12.0. The minimum atomic E-state index is -0.228. The highest BCUT2D eigenvalue weighted by Gasteiger charge is 2.14. The Labute approximate surface area is 136 Å². The molecule has 0 aromatic carbocycles. The van der Waals surface area contributed by atoms with E-state index in [1.165, 1.54) is 17.4 Å². The predicted octanol–water partition coefficient (Wildman–Crippen LogP) is 3.91. The van der Waals surface area contributed by atoms with Gasteiger partial charge in [0, 0.05) is 17.4 Å². The third-order valence-electron chi connectivity index (χ3n) is 3.10. The molecular formula is C16H15N3O3S. The first-order valence-corrected chi connectivity index (χ1v) is 7.93. The van der Waals surface area contributed by atoms with Crippen LogP contribution in [-0.2, 0) is 11.2 Å². The first-order chi connectivity index (χ1) is 11.2. The molecule has 3 aromatic rings. The molecule has 23 heavy (non-hydrogen) atoms. The molecule has 0 aliphatic rings. The Balaban J connectivity index is 1.72. The van der Waals surface area contributed by atoms with Crippen molar-refractivity contribution in [3.63, 3.8) is 0 Å². The Morgan fingerprint density at radius 2 is 2.30 bits per heavy atom. The zero-order valence-corrected chi connectivity index (χ0v) is 13.5. The Kier molecular flexibility index (Phi) is 4.38. The lowest BCUT2D eigenvalue weighted by Crippen LogP contribution is -2.07. The molecular weight excluding hydrogens is 314 g/mol. The number of carbonyl (C=O) groups is 1. The van der Waals surface area contributed by atoms with Crippen molar-refractivity contribution in [2.45, 2.75) is 20.3 Å². The molecule has 0 unspecified atom stereocenters. The Hall–Kier alpha value is -2.67. The second-order valence-electron chi connectivity index (χ2n) is 4.77. The monoisotopic (exact) mass is 329 g/mol. The van der Waals surface area contributed by atoms with Crippen molar-refractivity contribution in [2.24, 2.45) is 0 Å². The number of hydrogen-bond acceptors (Lipinski definition) is 6. The van der Waals surface area contributed by atoms with E-state index in [-0.39, 0.29) is 5.91 Å². The summed E-state index contributed by atoms with van der Waals surface area (Å²) < 4.78 is 10.7. The van der Waals surface area contributed by atoms with Crippen molar-refractivity contribution in [3.8, 4) is 10.8 Å². The summed E-state index contributed by atoms with van der Waals surface area (Å²) in [7, 11) is 0. The highest BCUT2D eigenvalue weighted by atomic mass is 32.1. The molecule has 0 aliphatic carbocycles.